The predicted octanol–water partition coefficient (Wildman–Crippen LogP) is 3.19. The van der Waals surface area contributed by atoms with Crippen LogP contribution in [0.1, 0.15) is 43.7 Å². The molecule has 0 N–H and O–H groups in total. The van der Waals surface area contributed by atoms with Crippen molar-refractivity contribution in [3.8, 4) is 17.9 Å². The van der Waals surface area contributed by atoms with E-state index in [1.807, 2.05) is 12.1 Å². The zero-order valence-corrected chi connectivity index (χ0v) is 9.99. The molecule has 0 bridgehead atoms. The molecule has 3 heteroatoms. The average Bonchev–Trinajstić information content (AvgIpc) is 2.38. The van der Waals surface area contributed by atoms with E-state index < -0.39 is 0 Å². The molecule has 0 heterocycles. The Balaban J connectivity index is 2.60. The third kappa shape index (κ3) is 3.81. The van der Waals surface area contributed by atoms with Crippen LogP contribution in [0.5, 0.6) is 5.75 Å². The molecule has 0 spiro atoms. The minimum Gasteiger partial charge on any atom is -0.492 e. The van der Waals surface area contributed by atoms with E-state index in [-0.39, 0.29) is 11.1 Å². The summed E-state index contributed by atoms with van der Waals surface area (Å²) in [6.45, 7) is 2.74. The van der Waals surface area contributed by atoms with Crippen LogP contribution < -0.4 is 4.74 Å². The van der Waals surface area contributed by atoms with E-state index in [0.29, 0.717) is 12.4 Å². The molecule has 0 saturated carbocycles. The number of hydrogen-bond donors (Lipinski definition) is 0. The molecule has 0 aliphatic carbocycles. The summed E-state index contributed by atoms with van der Waals surface area (Å²) in [5.74, 6) is 0.485. The van der Waals surface area contributed by atoms with Crippen LogP contribution in [0.25, 0.3) is 0 Å². The molecule has 1 radical (unpaired) electrons. The Bertz CT molecular complexity index is 441. The molecule has 1 rings (SSSR count). The van der Waals surface area contributed by atoms with Crippen molar-refractivity contribution in [2.75, 3.05) is 6.61 Å². The van der Waals surface area contributed by atoms with Gasteiger partial charge in [-0.05, 0) is 18.6 Å². The lowest BCUT2D eigenvalue weighted by molar-refractivity contribution is 0.304. The van der Waals surface area contributed by atoms with E-state index in [0.717, 1.165) is 12.8 Å². The highest BCUT2D eigenvalue weighted by molar-refractivity contribution is 5.53. The van der Waals surface area contributed by atoms with Gasteiger partial charge in [0.1, 0.15) is 23.5 Å². The van der Waals surface area contributed by atoms with Crippen molar-refractivity contribution in [3.63, 3.8) is 0 Å². The number of hydrogen-bond acceptors (Lipinski definition) is 3. The summed E-state index contributed by atoms with van der Waals surface area (Å²) in [7, 11) is 0. The molecule has 0 aliphatic rings. The van der Waals surface area contributed by atoms with Crippen LogP contribution in [-0.4, -0.2) is 6.61 Å². The monoisotopic (exact) mass is 227 g/mol. The van der Waals surface area contributed by atoms with Gasteiger partial charge >= 0.3 is 0 Å². The van der Waals surface area contributed by atoms with Gasteiger partial charge < -0.3 is 4.74 Å². The molecule has 87 valence electrons. The van der Waals surface area contributed by atoms with E-state index in [2.05, 4.69) is 13.0 Å². The highest BCUT2D eigenvalue weighted by atomic mass is 16.5. The molecule has 0 aliphatic heterocycles. The fraction of sp³-hybridized carbons (Fsp3) is 0.429. The fourth-order valence-corrected chi connectivity index (χ4v) is 1.51. The second-order valence-electron chi connectivity index (χ2n) is 3.72. The minimum atomic E-state index is 0.249. The van der Waals surface area contributed by atoms with Crippen LogP contribution in [0.4, 0.5) is 0 Å². The van der Waals surface area contributed by atoms with Crippen LogP contribution in [0.15, 0.2) is 12.1 Å². The van der Waals surface area contributed by atoms with Gasteiger partial charge in [0.25, 0.3) is 0 Å². The minimum absolute atomic E-state index is 0.249. The van der Waals surface area contributed by atoms with Crippen molar-refractivity contribution in [2.24, 2.45) is 0 Å². The van der Waals surface area contributed by atoms with Crippen molar-refractivity contribution in [3.05, 3.63) is 29.3 Å². The normalized spacial score (nSPS) is 9.35. The molecule has 0 atom stereocenters. The number of nitrogens with zero attached hydrogens (tertiary/aromatic N) is 2. The topological polar surface area (TPSA) is 56.8 Å². The number of ether oxygens (including phenoxy) is 1. The first kappa shape index (κ1) is 13.1. The number of rotatable bonds is 6. The lowest BCUT2D eigenvalue weighted by atomic mass is 10.1. The third-order valence-electron chi connectivity index (χ3n) is 2.44. The summed E-state index contributed by atoms with van der Waals surface area (Å²) in [4.78, 5) is 0. The number of unbranched alkanes of at least 4 members (excludes halogenated alkanes) is 3. The molecule has 0 fully saturated rings. The standard InChI is InChI=1S/C14H15N2O/c1-2-3-4-5-9-17-14-8-6-7-12(10-15)13(14)11-16/h6,8H,2-5,9H2,1H3. The smallest absolute Gasteiger partial charge is 0.138 e. The molecule has 0 amide bonds. The Labute approximate surface area is 102 Å². The fourth-order valence-electron chi connectivity index (χ4n) is 1.51. The van der Waals surface area contributed by atoms with Gasteiger partial charge in [-0.25, -0.2) is 0 Å². The van der Waals surface area contributed by atoms with Crippen LogP contribution in [0.3, 0.4) is 0 Å². The highest BCUT2D eigenvalue weighted by Crippen LogP contribution is 2.20. The van der Waals surface area contributed by atoms with E-state index in [1.165, 1.54) is 12.8 Å². The lowest BCUT2D eigenvalue weighted by Crippen LogP contribution is -2.00. The largest absolute Gasteiger partial charge is 0.492 e. The van der Waals surface area contributed by atoms with Gasteiger partial charge in [-0.3, -0.25) is 0 Å². The maximum atomic E-state index is 8.97. The van der Waals surface area contributed by atoms with Crippen LogP contribution in [-0.2, 0) is 0 Å². The molecule has 1 aromatic rings. The summed E-state index contributed by atoms with van der Waals surface area (Å²) in [6.07, 6.45) is 4.48. The maximum Gasteiger partial charge on any atom is 0.138 e. The maximum absolute atomic E-state index is 8.97. The van der Waals surface area contributed by atoms with Gasteiger partial charge in [-0.15, -0.1) is 0 Å². The van der Waals surface area contributed by atoms with Crippen LogP contribution in [0.2, 0.25) is 0 Å². The Morgan fingerprint density at radius 1 is 1.24 bits per heavy atom. The summed E-state index contributed by atoms with van der Waals surface area (Å²) >= 11 is 0. The zero-order valence-electron chi connectivity index (χ0n) is 9.99. The van der Waals surface area contributed by atoms with Gasteiger partial charge in [0, 0.05) is 6.07 Å². The highest BCUT2D eigenvalue weighted by Gasteiger charge is 2.08. The van der Waals surface area contributed by atoms with E-state index in [4.69, 9.17) is 15.3 Å². The van der Waals surface area contributed by atoms with Gasteiger partial charge in [-0.2, -0.15) is 10.5 Å². The molecule has 3 nitrogen and oxygen atoms in total. The first-order chi connectivity index (χ1) is 8.33. The lowest BCUT2D eigenvalue weighted by Gasteiger charge is -2.07. The summed E-state index contributed by atoms with van der Waals surface area (Å²) in [5.41, 5.74) is 0.532. The molecular weight excluding hydrogens is 212 g/mol. The predicted molar refractivity (Wildman–Crippen MR) is 64.3 cm³/mol. The molecule has 0 saturated heterocycles. The van der Waals surface area contributed by atoms with Crippen LogP contribution in [0, 0.1) is 28.7 Å². The Hall–Kier alpha value is -2.00. The van der Waals surface area contributed by atoms with E-state index in [9.17, 15) is 0 Å². The van der Waals surface area contributed by atoms with Crippen molar-refractivity contribution in [1.29, 1.82) is 10.5 Å². The van der Waals surface area contributed by atoms with Gasteiger partial charge in [0.15, 0.2) is 0 Å². The van der Waals surface area contributed by atoms with Crippen LogP contribution >= 0.6 is 0 Å². The number of nitriles is 2. The Morgan fingerprint density at radius 2 is 2.06 bits per heavy atom. The zero-order chi connectivity index (χ0) is 12.5. The second kappa shape index (κ2) is 7.30. The summed E-state index contributed by atoms with van der Waals surface area (Å²) < 4.78 is 5.52. The van der Waals surface area contributed by atoms with E-state index in [1.54, 1.807) is 12.1 Å². The molecule has 0 aromatic heterocycles. The van der Waals surface area contributed by atoms with Gasteiger partial charge in [0.2, 0.25) is 0 Å². The average molecular weight is 227 g/mol. The molecule has 0 unspecified atom stereocenters. The van der Waals surface area contributed by atoms with E-state index >= 15 is 0 Å². The number of benzene rings is 1. The van der Waals surface area contributed by atoms with Crippen molar-refractivity contribution < 1.29 is 4.74 Å². The molecule has 17 heavy (non-hydrogen) atoms. The molecule has 1 aromatic carbocycles. The van der Waals surface area contributed by atoms with Gasteiger partial charge in [0.05, 0.1) is 12.2 Å². The van der Waals surface area contributed by atoms with Gasteiger partial charge in [-0.1, -0.05) is 26.2 Å². The summed E-state index contributed by atoms with van der Waals surface area (Å²) in [5, 5.41) is 17.8. The summed E-state index contributed by atoms with van der Waals surface area (Å²) in [6, 6.07) is 9.94. The first-order valence-electron chi connectivity index (χ1n) is 5.81. The van der Waals surface area contributed by atoms with Crippen molar-refractivity contribution in [2.45, 2.75) is 32.6 Å². The second-order valence-corrected chi connectivity index (χ2v) is 3.72. The Morgan fingerprint density at radius 3 is 2.71 bits per heavy atom. The quantitative estimate of drug-likeness (QED) is 0.701. The first-order valence-corrected chi connectivity index (χ1v) is 5.81. The molecular formula is C14H15N2O. The third-order valence-corrected chi connectivity index (χ3v) is 2.44. The Kier molecular flexibility index (Phi) is 5.61. The van der Waals surface area contributed by atoms with Crippen molar-refractivity contribution in [1.82, 2.24) is 0 Å². The SMILES string of the molecule is CCCCCCOc1cc[c]c(C#N)c1C#N. The van der Waals surface area contributed by atoms with Crippen molar-refractivity contribution >= 4 is 0 Å².